The van der Waals surface area contributed by atoms with Gasteiger partial charge in [-0.3, -0.25) is 4.79 Å². The van der Waals surface area contributed by atoms with Crippen LogP contribution in [0, 0.1) is 0 Å². The molecule has 0 radical (unpaired) electrons. The van der Waals surface area contributed by atoms with Gasteiger partial charge >= 0.3 is 13.2 Å². The predicted molar refractivity (Wildman–Crippen MR) is 123 cm³/mol. The van der Waals surface area contributed by atoms with E-state index in [0.29, 0.717) is 4.88 Å². The molecular formula is C23H28BNO5S. The standard InChI is InChI=1S/C23H28BNO5S/c1-16(26)20-12-11-19(31-20)13-18(24-29-22(2,3)23(4,5)30-24)14-25-21(27)28-15-17-9-7-6-8-10-17/h6-13H,14-15H2,1-5H3,(H,25,27). The van der Waals surface area contributed by atoms with Crippen LogP contribution in [0.3, 0.4) is 0 Å². The van der Waals surface area contributed by atoms with E-state index in [2.05, 4.69) is 5.32 Å². The monoisotopic (exact) mass is 441 g/mol. The summed E-state index contributed by atoms with van der Waals surface area (Å²) in [4.78, 5) is 25.5. The molecule has 0 bridgehead atoms. The zero-order chi connectivity index (χ0) is 22.6. The van der Waals surface area contributed by atoms with Crippen LogP contribution in [0.5, 0.6) is 0 Å². The molecule has 2 heterocycles. The highest BCUT2D eigenvalue weighted by Gasteiger charge is 2.52. The second-order valence-electron chi connectivity index (χ2n) is 8.48. The Bertz CT molecular complexity index is 951. The van der Waals surface area contributed by atoms with Gasteiger partial charge in [-0.15, -0.1) is 11.3 Å². The summed E-state index contributed by atoms with van der Waals surface area (Å²) < 4.78 is 17.6. The molecule has 8 heteroatoms. The summed E-state index contributed by atoms with van der Waals surface area (Å²) in [6.07, 6.45) is 1.37. The van der Waals surface area contributed by atoms with Crippen LogP contribution in [0.4, 0.5) is 4.79 Å². The van der Waals surface area contributed by atoms with E-state index in [1.165, 1.54) is 11.3 Å². The smallest absolute Gasteiger partial charge is 0.445 e. The van der Waals surface area contributed by atoms with Gasteiger partial charge in [-0.25, -0.2) is 4.79 Å². The summed E-state index contributed by atoms with van der Waals surface area (Å²) in [6, 6.07) is 13.2. The van der Waals surface area contributed by atoms with Crippen LogP contribution in [0.2, 0.25) is 0 Å². The van der Waals surface area contributed by atoms with Crippen LogP contribution < -0.4 is 5.32 Å². The highest BCUT2D eigenvalue weighted by molar-refractivity contribution is 7.14. The fourth-order valence-electron chi connectivity index (χ4n) is 2.95. The zero-order valence-electron chi connectivity index (χ0n) is 18.6. The van der Waals surface area contributed by atoms with Crippen molar-refractivity contribution in [3.63, 3.8) is 0 Å². The molecule has 1 aliphatic rings. The first-order valence-electron chi connectivity index (χ1n) is 10.2. The Morgan fingerprint density at radius 3 is 2.29 bits per heavy atom. The number of Topliss-reactive ketones (excluding diaryl/α,β-unsaturated/α-hetero) is 1. The average molecular weight is 441 g/mol. The van der Waals surface area contributed by atoms with E-state index >= 15 is 0 Å². The van der Waals surface area contributed by atoms with Crippen molar-refractivity contribution < 1.29 is 23.6 Å². The van der Waals surface area contributed by atoms with Gasteiger partial charge in [-0.05, 0) is 63.9 Å². The van der Waals surface area contributed by atoms with Gasteiger partial charge in [0.15, 0.2) is 5.78 Å². The summed E-state index contributed by atoms with van der Waals surface area (Å²) in [5.74, 6) is 0.0180. The van der Waals surface area contributed by atoms with E-state index in [1.54, 1.807) is 13.0 Å². The molecule has 6 nitrogen and oxygen atoms in total. The summed E-state index contributed by atoms with van der Waals surface area (Å²) in [7, 11) is -0.623. The van der Waals surface area contributed by atoms with Crippen molar-refractivity contribution in [1.29, 1.82) is 0 Å². The van der Waals surface area contributed by atoms with Gasteiger partial charge in [0.2, 0.25) is 0 Å². The lowest BCUT2D eigenvalue weighted by Crippen LogP contribution is -2.41. The first-order valence-corrected chi connectivity index (χ1v) is 11.0. The molecule has 1 amide bonds. The summed E-state index contributed by atoms with van der Waals surface area (Å²) in [6.45, 7) is 9.83. The first kappa shape index (κ1) is 23.3. The van der Waals surface area contributed by atoms with Crippen molar-refractivity contribution in [2.75, 3.05) is 6.54 Å². The number of nitrogens with one attached hydrogen (secondary N) is 1. The van der Waals surface area contributed by atoms with Crippen molar-refractivity contribution >= 4 is 36.4 Å². The van der Waals surface area contributed by atoms with Crippen molar-refractivity contribution in [3.05, 3.63) is 63.3 Å². The third-order valence-electron chi connectivity index (χ3n) is 5.51. The third-order valence-corrected chi connectivity index (χ3v) is 6.64. The number of benzene rings is 1. The Balaban J connectivity index is 1.72. The summed E-state index contributed by atoms with van der Waals surface area (Å²) in [5, 5.41) is 2.78. The van der Waals surface area contributed by atoms with Crippen molar-refractivity contribution in [3.8, 4) is 0 Å². The molecule has 1 aliphatic heterocycles. The number of carbonyl (C=O) groups excluding carboxylic acids is 2. The van der Waals surface area contributed by atoms with Crippen LogP contribution in [0.25, 0.3) is 6.08 Å². The highest BCUT2D eigenvalue weighted by Crippen LogP contribution is 2.39. The molecule has 0 spiro atoms. The Hall–Kier alpha value is -2.42. The van der Waals surface area contributed by atoms with Gasteiger partial charge in [0, 0.05) is 11.4 Å². The largest absolute Gasteiger partial charge is 0.492 e. The minimum absolute atomic E-state index is 0.0180. The zero-order valence-corrected chi connectivity index (χ0v) is 19.4. The molecule has 2 aromatic rings. The van der Waals surface area contributed by atoms with Gasteiger partial charge in [-0.2, -0.15) is 0 Å². The van der Waals surface area contributed by atoms with Crippen molar-refractivity contribution in [2.24, 2.45) is 0 Å². The Labute approximate surface area is 187 Å². The summed E-state index contributed by atoms with van der Waals surface area (Å²) in [5.41, 5.74) is 0.636. The fraction of sp³-hybridized carbons (Fsp3) is 0.391. The Kier molecular flexibility index (Phi) is 7.04. The van der Waals surface area contributed by atoms with Crippen LogP contribution in [0.15, 0.2) is 47.9 Å². The molecule has 0 atom stereocenters. The van der Waals surface area contributed by atoms with E-state index in [4.69, 9.17) is 14.0 Å². The lowest BCUT2D eigenvalue weighted by atomic mass is 9.77. The maximum atomic E-state index is 12.3. The van der Waals surface area contributed by atoms with Gasteiger partial charge in [0.05, 0.1) is 16.1 Å². The second kappa shape index (κ2) is 9.38. The number of ketones is 1. The first-order chi connectivity index (χ1) is 14.6. The van der Waals surface area contributed by atoms with E-state index < -0.39 is 24.4 Å². The molecule has 0 unspecified atom stereocenters. The van der Waals surface area contributed by atoms with E-state index in [-0.39, 0.29) is 18.9 Å². The van der Waals surface area contributed by atoms with Gasteiger partial charge in [0.25, 0.3) is 0 Å². The lowest BCUT2D eigenvalue weighted by Gasteiger charge is -2.32. The van der Waals surface area contributed by atoms with Crippen LogP contribution in [0.1, 0.15) is 54.7 Å². The molecule has 1 aromatic carbocycles. The van der Waals surface area contributed by atoms with Crippen molar-refractivity contribution in [2.45, 2.75) is 52.4 Å². The molecule has 1 N–H and O–H groups in total. The number of ether oxygens (including phenoxy) is 1. The molecule has 1 fully saturated rings. The number of hydrogen-bond donors (Lipinski definition) is 1. The van der Waals surface area contributed by atoms with E-state index in [0.717, 1.165) is 15.9 Å². The van der Waals surface area contributed by atoms with Crippen LogP contribution in [-0.2, 0) is 20.7 Å². The molecule has 1 aromatic heterocycles. The van der Waals surface area contributed by atoms with Crippen molar-refractivity contribution in [1.82, 2.24) is 5.32 Å². The van der Waals surface area contributed by atoms with Crippen LogP contribution in [-0.4, -0.2) is 36.7 Å². The average Bonchev–Trinajstić information content (AvgIpc) is 3.26. The molecular weight excluding hydrogens is 413 g/mol. The van der Waals surface area contributed by atoms with Gasteiger partial charge in [-0.1, -0.05) is 30.3 Å². The normalized spacial score (nSPS) is 17.5. The molecule has 164 valence electrons. The molecule has 0 aliphatic carbocycles. The fourth-order valence-corrected chi connectivity index (χ4v) is 3.83. The molecule has 3 rings (SSSR count). The number of thiophene rings is 1. The topological polar surface area (TPSA) is 73.9 Å². The van der Waals surface area contributed by atoms with E-state index in [9.17, 15) is 9.59 Å². The number of alkyl carbamates (subject to hydrolysis) is 1. The van der Waals surface area contributed by atoms with Crippen LogP contribution >= 0.6 is 11.3 Å². The molecule has 1 saturated heterocycles. The third kappa shape index (κ3) is 5.84. The second-order valence-corrected chi connectivity index (χ2v) is 9.60. The predicted octanol–water partition coefficient (Wildman–Crippen LogP) is 4.89. The highest BCUT2D eigenvalue weighted by atomic mass is 32.1. The number of amides is 1. The maximum absolute atomic E-state index is 12.3. The molecule has 0 saturated carbocycles. The Morgan fingerprint density at radius 1 is 1.06 bits per heavy atom. The minimum atomic E-state index is -0.623. The number of carbonyl (C=O) groups is 2. The maximum Gasteiger partial charge on any atom is 0.492 e. The lowest BCUT2D eigenvalue weighted by molar-refractivity contribution is 0.00578. The van der Waals surface area contributed by atoms with E-state index in [1.807, 2.05) is 70.2 Å². The van der Waals surface area contributed by atoms with Gasteiger partial charge in [0.1, 0.15) is 6.61 Å². The Morgan fingerprint density at radius 2 is 1.71 bits per heavy atom. The quantitative estimate of drug-likeness (QED) is 0.489. The number of hydrogen-bond acceptors (Lipinski definition) is 6. The SMILES string of the molecule is CC(=O)c1ccc(C=C(CNC(=O)OCc2ccccc2)B2OC(C)(C)C(C)(C)O2)s1. The number of rotatable bonds is 7. The summed E-state index contributed by atoms with van der Waals surface area (Å²) >= 11 is 1.39. The minimum Gasteiger partial charge on any atom is -0.445 e. The van der Waals surface area contributed by atoms with Gasteiger partial charge < -0.3 is 19.4 Å². The molecule has 31 heavy (non-hydrogen) atoms.